The summed E-state index contributed by atoms with van der Waals surface area (Å²) in [6.07, 6.45) is 2.49. The van der Waals surface area contributed by atoms with Crippen molar-refractivity contribution in [3.05, 3.63) is 47.2 Å². The maximum absolute atomic E-state index is 13.3. The fourth-order valence-corrected chi connectivity index (χ4v) is 7.47. The molecule has 5 atom stereocenters. The predicted octanol–water partition coefficient (Wildman–Crippen LogP) is 4.55. The van der Waals surface area contributed by atoms with Crippen LogP contribution in [-0.4, -0.2) is 76.6 Å². The Labute approximate surface area is 245 Å². The van der Waals surface area contributed by atoms with E-state index in [9.17, 15) is 9.59 Å². The lowest BCUT2D eigenvalue weighted by Crippen LogP contribution is -2.52. The number of aromatic amines is 1. The smallest absolute Gasteiger partial charge is 0.338 e. The lowest BCUT2D eigenvalue weighted by molar-refractivity contribution is -0.155. The van der Waals surface area contributed by atoms with Crippen LogP contribution in [0.5, 0.6) is 23.0 Å². The van der Waals surface area contributed by atoms with Crippen LogP contribution in [0.3, 0.4) is 0 Å². The molecule has 5 unspecified atom stereocenters. The summed E-state index contributed by atoms with van der Waals surface area (Å²) in [5.41, 5.74) is 3.97. The van der Waals surface area contributed by atoms with Gasteiger partial charge in [0.2, 0.25) is 5.75 Å². The number of carbonyl (C=O) groups excluding carboxylic acids is 2. The Hall–Kier alpha value is -3.92. The number of esters is 2. The van der Waals surface area contributed by atoms with Crippen LogP contribution in [0.4, 0.5) is 0 Å². The summed E-state index contributed by atoms with van der Waals surface area (Å²) in [6, 6.07) is 9.55. The highest BCUT2D eigenvalue weighted by molar-refractivity contribution is 5.91. The number of H-pyrrole nitrogens is 1. The largest absolute Gasteiger partial charge is 0.497 e. The lowest BCUT2D eigenvalue weighted by Gasteiger charge is -2.51. The van der Waals surface area contributed by atoms with Gasteiger partial charge in [-0.25, -0.2) is 4.79 Å². The first-order chi connectivity index (χ1) is 20.4. The number of fused-ring (bicyclic) bond motifs is 6. The minimum absolute atomic E-state index is 0.127. The number of hydrogen-bond acceptors (Lipinski definition) is 9. The highest BCUT2D eigenvalue weighted by Gasteiger charge is 2.49. The third-order valence-corrected chi connectivity index (χ3v) is 9.42. The molecular formula is C32H38N2O8. The van der Waals surface area contributed by atoms with Crippen LogP contribution in [0.1, 0.15) is 46.9 Å². The number of rotatable bonds is 7. The first-order valence-electron chi connectivity index (χ1n) is 14.4. The van der Waals surface area contributed by atoms with Crippen molar-refractivity contribution >= 4 is 22.8 Å². The van der Waals surface area contributed by atoms with E-state index in [-0.39, 0.29) is 29.8 Å². The number of nitrogens with zero attached hydrogens (tertiary/aromatic N) is 1. The average Bonchev–Trinajstić information content (AvgIpc) is 3.40. The molecule has 1 aromatic heterocycles. The van der Waals surface area contributed by atoms with E-state index >= 15 is 0 Å². The normalized spacial score (nSPS) is 25.0. The van der Waals surface area contributed by atoms with E-state index in [1.54, 1.807) is 19.2 Å². The molecule has 0 radical (unpaired) electrons. The molecule has 10 heteroatoms. The molecule has 1 saturated carbocycles. The molecule has 1 aliphatic carbocycles. The highest BCUT2D eigenvalue weighted by atomic mass is 16.5. The van der Waals surface area contributed by atoms with E-state index in [1.807, 2.05) is 6.07 Å². The first-order valence-corrected chi connectivity index (χ1v) is 14.4. The SMILES string of the molecule is COC(=O)C1CC(OC(=O)c2cc(OC)c(OC)c(OC)c2)CC2CN3CCc4c([nH]c5cc(OC)ccc45)C3CC21. The molecule has 1 N–H and O–H groups in total. The molecule has 1 saturated heterocycles. The van der Waals surface area contributed by atoms with Crippen LogP contribution in [0.2, 0.25) is 0 Å². The summed E-state index contributed by atoms with van der Waals surface area (Å²) in [6.45, 7) is 1.78. The third-order valence-electron chi connectivity index (χ3n) is 9.42. The van der Waals surface area contributed by atoms with Gasteiger partial charge in [0.15, 0.2) is 11.5 Å². The molecule has 2 fully saturated rings. The van der Waals surface area contributed by atoms with E-state index in [1.165, 1.54) is 45.1 Å². The van der Waals surface area contributed by atoms with Crippen LogP contribution < -0.4 is 18.9 Å². The van der Waals surface area contributed by atoms with Crippen LogP contribution in [0, 0.1) is 17.8 Å². The molecule has 3 aromatic rings. The van der Waals surface area contributed by atoms with Crippen molar-refractivity contribution in [2.24, 2.45) is 17.8 Å². The number of piperidine rings is 1. The van der Waals surface area contributed by atoms with Gasteiger partial charge in [-0.15, -0.1) is 0 Å². The fraction of sp³-hybridized carbons (Fsp3) is 0.500. The van der Waals surface area contributed by atoms with Crippen LogP contribution in [0.15, 0.2) is 30.3 Å². The van der Waals surface area contributed by atoms with Gasteiger partial charge in [-0.3, -0.25) is 9.69 Å². The van der Waals surface area contributed by atoms with Crippen LogP contribution in [0.25, 0.3) is 10.9 Å². The summed E-state index contributed by atoms with van der Waals surface area (Å²) in [5, 5.41) is 1.24. The number of aromatic nitrogens is 1. The molecule has 2 aliphatic heterocycles. The Morgan fingerprint density at radius 2 is 1.67 bits per heavy atom. The molecule has 10 nitrogen and oxygen atoms in total. The standard InChI is InChI=1S/C32H38N2O8/c1-37-19-6-7-21-22-8-9-34-16-18-10-20(42-31(35)17-11-27(38-2)30(40-4)28(12-17)39-3)13-24(32(36)41-5)23(18)15-26(34)29(22)33-25(21)14-19/h6-7,11-12,14,18,20,23-24,26,33H,8-10,13,15-16H2,1-5H3. The maximum Gasteiger partial charge on any atom is 0.338 e. The van der Waals surface area contributed by atoms with Crippen molar-refractivity contribution in [2.45, 2.75) is 37.8 Å². The Morgan fingerprint density at radius 1 is 0.905 bits per heavy atom. The Balaban J connectivity index is 1.24. The second-order valence-electron chi connectivity index (χ2n) is 11.4. The van der Waals surface area contributed by atoms with Gasteiger partial charge in [0, 0.05) is 35.8 Å². The molecule has 0 bridgehead atoms. The number of benzene rings is 2. The van der Waals surface area contributed by atoms with Gasteiger partial charge in [0.1, 0.15) is 11.9 Å². The Kier molecular flexibility index (Phi) is 7.66. The van der Waals surface area contributed by atoms with Crippen molar-refractivity contribution in [3.63, 3.8) is 0 Å². The highest BCUT2D eigenvalue weighted by Crippen LogP contribution is 2.50. The number of methoxy groups -OCH3 is 5. The van der Waals surface area contributed by atoms with Gasteiger partial charge in [0.25, 0.3) is 0 Å². The van der Waals surface area contributed by atoms with Gasteiger partial charge in [-0.2, -0.15) is 0 Å². The summed E-state index contributed by atoms with van der Waals surface area (Å²) in [5.74, 6) is 1.20. The quantitative estimate of drug-likeness (QED) is 0.404. The van der Waals surface area contributed by atoms with Crippen molar-refractivity contribution < 1.29 is 38.0 Å². The zero-order valence-electron chi connectivity index (χ0n) is 24.7. The van der Waals surface area contributed by atoms with E-state index in [4.69, 9.17) is 28.4 Å². The minimum Gasteiger partial charge on any atom is -0.497 e. The molecule has 224 valence electrons. The number of carbonyl (C=O) groups is 2. The molecule has 3 heterocycles. The zero-order chi connectivity index (χ0) is 29.5. The van der Waals surface area contributed by atoms with Crippen LogP contribution >= 0.6 is 0 Å². The summed E-state index contributed by atoms with van der Waals surface area (Å²) in [7, 11) is 7.62. The molecule has 2 aromatic carbocycles. The summed E-state index contributed by atoms with van der Waals surface area (Å²) in [4.78, 5) is 32.7. The first kappa shape index (κ1) is 28.2. The van der Waals surface area contributed by atoms with E-state index in [0.717, 1.165) is 37.2 Å². The molecule has 3 aliphatic rings. The van der Waals surface area contributed by atoms with Gasteiger partial charge in [0.05, 0.1) is 53.1 Å². The van der Waals surface area contributed by atoms with Gasteiger partial charge >= 0.3 is 11.9 Å². The topological polar surface area (TPSA) is 109 Å². The molecule has 0 amide bonds. The van der Waals surface area contributed by atoms with Crippen molar-refractivity contribution in [2.75, 3.05) is 48.6 Å². The summed E-state index contributed by atoms with van der Waals surface area (Å²) < 4.78 is 33.0. The van der Waals surface area contributed by atoms with Crippen molar-refractivity contribution in [1.82, 2.24) is 9.88 Å². The Bertz CT molecular complexity index is 1470. The van der Waals surface area contributed by atoms with E-state index in [0.29, 0.717) is 35.7 Å². The van der Waals surface area contributed by atoms with Gasteiger partial charge < -0.3 is 33.4 Å². The van der Waals surface area contributed by atoms with E-state index in [2.05, 4.69) is 22.0 Å². The fourth-order valence-electron chi connectivity index (χ4n) is 7.47. The van der Waals surface area contributed by atoms with Crippen LogP contribution in [-0.2, 0) is 20.7 Å². The minimum atomic E-state index is -0.494. The van der Waals surface area contributed by atoms with Gasteiger partial charge in [-0.05, 0) is 67.3 Å². The number of nitrogens with one attached hydrogen (secondary N) is 1. The number of hydrogen-bond donors (Lipinski definition) is 1. The molecule has 42 heavy (non-hydrogen) atoms. The predicted molar refractivity (Wildman–Crippen MR) is 155 cm³/mol. The molecule has 0 spiro atoms. The lowest BCUT2D eigenvalue weighted by atomic mass is 9.65. The zero-order valence-corrected chi connectivity index (χ0v) is 24.7. The second kappa shape index (κ2) is 11.4. The van der Waals surface area contributed by atoms with Gasteiger partial charge in [-0.1, -0.05) is 0 Å². The number of ether oxygens (including phenoxy) is 6. The van der Waals surface area contributed by atoms with E-state index < -0.39 is 12.1 Å². The van der Waals surface area contributed by atoms with Crippen molar-refractivity contribution in [3.8, 4) is 23.0 Å². The molecule has 6 rings (SSSR count). The van der Waals surface area contributed by atoms with Crippen molar-refractivity contribution in [1.29, 1.82) is 0 Å². The summed E-state index contributed by atoms with van der Waals surface area (Å²) >= 11 is 0. The second-order valence-corrected chi connectivity index (χ2v) is 11.4. The monoisotopic (exact) mass is 578 g/mol. The third kappa shape index (κ3) is 4.81. The Morgan fingerprint density at radius 3 is 2.33 bits per heavy atom. The maximum atomic E-state index is 13.3. The molecular weight excluding hydrogens is 540 g/mol. The average molecular weight is 579 g/mol.